The van der Waals surface area contributed by atoms with Crippen molar-refractivity contribution in [1.29, 1.82) is 5.26 Å². The molecule has 4 heterocycles. The Bertz CT molecular complexity index is 1070. The fraction of sp³-hybridized carbons (Fsp3) is 0.286. The van der Waals surface area contributed by atoms with Crippen molar-refractivity contribution in [3.8, 4) is 17.3 Å². The van der Waals surface area contributed by atoms with Crippen molar-refractivity contribution in [2.24, 2.45) is 5.92 Å². The van der Waals surface area contributed by atoms with Gasteiger partial charge in [0.15, 0.2) is 0 Å². The van der Waals surface area contributed by atoms with Gasteiger partial charge in [0, 0.05) is 41.5 Å². The Labute approximate surface area is 163 Å². The predicted octanol–water partition coefficient (Wildman–Crippen LogP) is 2.84. The molecular formula is C21H20N6O. The van der Waals surface area contributed by atoms with Crippen molar-refractivity contribution in [3.05, 3.63) is 48.4 Å². The second kappa shape index (κ2) is 7.71. The zero-order valence-electron chi connectivity index (χ0n) is 15.6. The number of carbonyl (C=O) groups is 1. The Morgan fingerprint density at radius 1 is 1.21 bits per heavy atom. The second-order valence-electron chi connectivity index (χ2n) is 7.10. The van der Waals surface area contributed by atoms with E-state index in [9.17, 15) is 4.79 Å². The average molecular weight is 372 g/mol. The zero-order valence-corrected chi connectivity index (χ0v) is 15.6. The van der Waals surface area contributed by atoms with E-state index in [1.165, 1.54) is 6.20 Å². The lowest BCUT2D eigenvalue weighted by Gasteiger charge is -2.27. The van der Waals surface area contributed by atoms with Crippen LogP contribution in [0.4, 0.5) is 5.82 Å². The summed E-state index contributed by atoms with van der Waals surface area (Å²) in [5.74, 6) is 0.541. The van der Waals surface area contributed by atoms with Gasteiger partial charge < -0.3 is 10.2 Å². The highest BCUT2D eigenvalue weighted by molar-refractivity contribution is 5.93. The van der Waals surface area contributed by atoms with E-state index in [0.29, 0.717) is 11.4 Å². The molecule has 3 aromatic heterocycles. The standard InChI is InChI=1S/C21H20N6O/c1-27-6-4-15(5-7-27)21(28)26-20-9-19-16(13-24-20)2-3-18(25-19)17-8-14(10-22)11-23-12-17/h2-3,8-9,11-13,15H,4-7H2,1H3,(H,24,26,28). The molecule has 7 heteroatoms. The second-order valence-corrected chi connectivity index (χ2v) is 7.10. The predicted molar refractivity (Wildman–Crippen MR) is 106 cm³/mol. The number of aromatic nitrogens is 3. The van der Waals surface area contributed by atoms with Crippen LogP contribution in [0.25, 0.3) is 22.2 Å². The third-order valence-electron chi connectivity index (χ3n) is 5.08. The molecule has 1 aliphatic rings. The summed E-state index contributed by atoms with van der Waals surface area (Å²) < 4.78 is 0. The Hall–Kier alpha value is -3.37. The van der Waals surface area contributed by atoms with Crippen LogP contribution in [0.2, 0.25) is 0 Å². The zero-order chi connectivity index (χ0) is 19.5. The van der Waals surface area contributed by atoms with Crippen molar-refractivity contribution in [2.45, 2.75) is 12.8 Å². The Balaban J connectivity index is 1.57. The van der Waals surface area contributed by atoms with Gasteiger partial charge in [0.2, 0.25) is 5.91 Å². The maximum Gasteiger partial charge on any atom is 0.228 e. The number of hydrogen-bond acceptors (Lipinski definition) is 6. The highest BCUT2D eigenvalue weighted by Crippen LogP contribution is 2.23. The van der Waals surface area contributed by atoms with Gasteiger partial charge >= 0.3 is 0 Å². The van der Waals surface area contributed by atoms with Crippen molar-refractivity contribution in [1.82, 2.24) is 19.9 Å². The van der Waals surface area contributed by atoms with Gasteiger partial charge in [0.1, 0.15) is 11.9 Å². The van der Waals surface area contributed by atoms with E-state index in [1.807, 2.05) is 12.1 Å². The summed E-state index contributed by atoms with van der Waals surface area (Å²) in [7, 11) is 2.07. The number of rotatable bonds is 3. The minimum atomic E-state index is 0.0158. The van der Waals surface area contributed by atoms with E-state index in [0.717, 1.165) is 48.1 Å². The van der Waals surface area contributed by atoms with Gasteiger partial charge in [-0.3, -0.25) is 9.78 Å². The molecule has 0 saturated carbocycles. The van der Waals surface area contributed by atoms with Crippen LogP contribution in [-0.2, 0) is 4.79 Å². The number of pyridine rings is 3. The third kappa shape index (κ3) is 3.82. The van der Waals surface area contributed by atoms with E-state index in [-0.39, 0.29) is 11.8 Å². The number of likely N-dealkylation sites (tertiary alicyclic amines) is 1. The molecule has 28 heavy (non-hydrogen) atoms. The maximum atomic E-state index is 12.5. The molecule has 1 fully saturated rings. The lowest BCUT2D eigenvalue weighted by Crippen LogP contribution is -2.36. The van der Waals surface area contributed by atoms with Crippen LogP contribution in [0.1, 0.15) is 18.4 Å². The molecule has 140 valence electrons. The number of hydrogen-bond donors (Lipinski definition) is 1. The van der Waals surface area contributed by atoms with Crippen molar-refractivity contribution >= 4 is 22.6 Å². The average Bonchev–Trinajstić information content (AvgIpc) is 2.73. The number of fused-ring (bicyclic) bond motifs is 1. The molecule has 0 unspecified atom stereocenters. The summed E-state index contributed by atoms with van der Waals surface area (Å²) >= 11 is 0. The summed E-state index contributed by atoms with van der Waals surface area (Å²) in [4.78, 5) is 27.9. The number of piperidine rings is 1. The lowest BCUT2D eigenvalue weighted by molar-refractivity contribution is -0.121. The number of anilines is 1. The monoisotopic (exact) mass is 372 g/mol. The summed E-state index contributed by atoms with van der Waals surface area (Å²) in [6.45, 7) is 1.87. The molecule has 1 aliphatic heterocycles. The first-order valence-corrected chi connectivity index (χ1v) is 9.24. The number of amides is 1. The molecule has 3 aromatic rings. The highest BCUT2D eigenvalue weighted by atomic mass is 16.1. The topological polar surface area (TPSA) is 94.8 Å². The molecule has 0 aliphatic carbocycles. The van der Waals surface area contributed by atoms with Crippen LogP contribution in [0.3, 0.4) is 0 Å². The molecule has 7 nitrogen and oxygen atoms in total. The molecule has 0 atom stereocenters. The van der Waals surface area contributed by atoms with Gasteiger partial charge in [0.05, 0.1) is 16.8 Å². The molecule has 0 bridgehead atoms. The van der Waals surface area contributed by atoms with Crippen molar-refractivity contribution in [3.63, 3.8) is 0 Å². The van der Waals surface area contributed by atoms with Crippen LogP contribution in [0, 0.1) is 17.2 Å². The van der Waals surface area contributed by atoms with Gasteiger partial charge in [-0.2, -0.15) is 5.26 Å². The number of nitriles is 1. The largest absolute Gasteiger partial charge is 0.310 e. The van der Waals surface area contributed by atoms with Gasteiger partial charge in [-0.1, -0.05) is 0 Å². The first-order valence-electron chi connectivity index (χ1n) is 9.24. The minimum Gasteiger partial charge on any atom is -0.310 e. The Kier molecular flexibility index (Phi) is 4.96. The van der Waals surface area contributed by atoms with E-state index < -0.39 is 0 Å². The highest BCUT2D eigenvalue weighted by Gasteiger charge is 2.23. The van der Waals surface area contributed by atoms with E-state index >= 15 is 0 Å². The van der Waals surface area contributed by atoms with Gasteiger partial charge in [-0.05, 0) is 51.2 Å². The molecule has 4 rings (SSSR count). The van der Waals surface area contributed by atoms with Crippen molar-refractivity contribution < 1.29 is 4.79 Å². The fourth-order valence-electron chi connectivity index (χ4n) is 3.39. The summed E-state index contributed by atoms with van der Waals surface area (Å²) in [6, 6.07) is 9.43. The normalized spacial score (nSPS) is 15.3. The van der Waals surface area contributed by atoms with Crippen LogP contribution >= 0.6 is 0 Å². The van der Waals surface area contributed by atoms with Crippen LogP contribution in [-0.4, -0.2) is 45.9 Å². The molecular weight excluding hydrogens is 352 g/mol. The summed E-state index contributed by atoms with van der Waals surface area (Å²) in [5, 5.41) is 12.9. The minimum absolute atomic E-state index is 0.0158. The summed E-state index contributed by atoms with van der Waals surface area (Å²) in [6.07, 6.45) is 6.63. The Morgan fingerprint density at radius 3 is 2.82 bits per heavy atom. The quantitative estimate of drug-likeness (QED) is 0.760. The molecule has 1 amide bonds. The van der Waals surface area contributed by atoms with Crippen molar-refractivity contribution in [2.75, 3.05) is 25.5 Å². The van der Waals surface area contributed by atoms with Gasteiger partial charge in [-0.15, -0.1) is 0 Å². The number of nitrogens with zero attached hydrogens (tertiary/aromatic N) is 5. The molecule has 1 saturated heterocycles. The van der Waals surface area contributed by atoms with Crippen LogP contribution in [0.5, 0.6) is 0 Å². The number of nitrogens with one attached hydrogen (secondary N) is 1. The molecule has 0 aromatic carbocycles. The van der Waals surface area contributed by atoms with E-state index in [2.05, 4.69) is 38.3 Å². The number of carbonyl (C=O) groups excluding carboxylic acids is 1. The molecule has 0 spiro atoms. The SMILES string of the molecule is CN1CCC(C(=O)Nc2cc3nc(-c4cncc(C#N)c4)ccc3cn2)CC1. The summed E-state index contributed by atoms with van der Waals surface area (Å²) in [5.41, 5.74) is 2.71. The molecule has 0 radical (unpaired) electrons. The molecule has 1 N–H and O–H groups in total. The first kappa shape index (κ1) is 18.0. The fourth-order valence-corrected chi connectivity index (χ4v) is 3.39. The van der Waals surface area contributed by atoms with E-state index in [1.54, 1.807) is 24.5 Å². The Morgan fingerprint density at radius 2 is 2.04 bits per heavy atom. The van der Waals surface area contributed by atoms with E-state index in [4.69, 9.17) is 5.26 Å². The first-order chi connectivity index (χ1) is 13.6. The van der Waals surface area contributed by atoms with Crippen LogP contribution < -0.4 is 5.32 Å². The third-order valence-corrected chi connectivity index (χ3v) is 5.08. The van der Waals surface area contributed by atoms with Gasteiger partial charge in [-0.25, -0.2) is 9.97 Å². The smallest absolute Gasteiger partial charge is 0.228 e. The maximum absolute atomic E-state index is 12.5. The van der Waals surface area contributed by atoms with Gasteiger partial charge in [0.25, 0.3) is 0 Å². The van der Waals surface area contributed by atoms with Crippen LogP contribution in [0.15, 0.2) is 42.9 Å². The lowest BCUT2D eigenvalue weighted by atomic mass is 9.96.